The average molecular weight is 210 g/mol. The molecule has 0 bridgehead atoms. The molecule has 74 valence electrons. The molecule has 0 saturated carbocycles. The number of rotatable bonds is 2. The SMILES string of the molecule is CCc1ccsc1[C@H](O)C(F)(F)F. The van der Waals surface area contributed by atoms with E-state index in [1.165, 1.54) is 0 Å². The van der Waals surface area contributed by atoms with Gasteiger partial charge < -0.3 is 5.11 Å². The fourth-order valence-corrected chi connectivity index (χ4v) is 2.03. The lowest BCUT2D eigenvalue weighted by Crippen LogP contribution is -2.20. The van der Waals surface area contributed by atoms with Crippen molar-refractivity contribution in [3.8, 4) is 0 Å². The van der Waals surface area contributed by atoms with Crippen molar-refractivity contribution in [2.75, 3.05) is 0 Å². The third-order valence-electron chi connectivity index (χ3n) is 1.72. The Morgan fingerprint density at radius 1 is 1.54 bits per heavy atom. The maximum absolute atomic E-state index is 12.1. The maximum Gasteiger partial charge on any atom is 0.419 e. The Bertz CT molecular complexity index is 279. The highest BCUT2D eigenvalue weighted by Crippen LogP contribution is 2.36. The molecule has 1 atom stereocenters. The number of hydrogen-bond acceptors (Lipinski definition) is 2. The number of aryl methyl sites for hydroxylation is 1. The molecule has 1 aromatic rings. The van der Waals surface area contributed by atoms with E-state index in [4.69, 9.17) is 5.11 Å². The highest BCUT2D eigenvalue weighted by molar-refractivity contribution is 7.10. The van der Waals surface area contributed by atoms with Crippen LogP contribution in [0.1, 0.15) is 23.5 Å². The quantitative estimate of drug-likeness (QED) is 0.795. The topological polar surface area (TPSA) is 20.2 Å². The van der Waals surface area contributed by atoms with Gasteiger partial charge in [0.25, 0.3) is 0 Å². The summed E-state index contributed by atoms with van der Waals surface area (Å²) < 4.78 is 36.3. The molecule has 0 aliphatic heterocycles. The highest BCUT2D eigenvalue weighted by atomic mass is 32.1. The fourth-order valence-electron chi connectivity index (χ4n) is 1.03. The van der Waals surface area contributed by atoms with E-state index in [2.05, 4.69) is 0 Å². The van der Waals surface area contributed by atoms with Gasteiger partial charge in [0.2, 0.25) is 0 Å². The van der Waals surface area contributed by atoms with Crippen molar-refractivity contribution in [3.63, 3.8) is 0 Å². The van der Waals surface area contributed by atoms with Gasteiger partial charge in [-0.3, -0.25) is 0 Å². The molecule has 0 aliphatic rings. The minimum atomic E-state index is -4.56. The van der Waals surface area contributed by atoms with Crippen LogP contribution in [-0.4, -0.2) is 11.3 Å². The lowest BCUT2D eigenvalue weighted by Gasteiger charge is -2.14. The first-order chi connectivity index (χ1) is 5.96. The first-order valence-electron chi connectivity index (χ1n) is 3.77. The van der Waals surface area contributed by atoms with Gasteiger partial charge >= 0.3 is 6.18 Å². The van der Waals surface area contributed by atoms with Crippen molar-refractivity contribution < 1.29 is 18.3 Å². The Morgan fingerprint density at radius 2 is 2.15 bits per heavy atom. The normalized spacial score (nSPS) is 14.5. The monoisotopic (exact) mass is 210 g/mol. The molecule has 0 amide bonds. The molecule has 5 heteroatoms. The zero-order valence-corrected chi connectivity index (χ0v) is 7.75. The number of thiophene rings is 1. The van der Waals surface area contributed by atoms with Gasteiger partial charge in [0.15, 0.2) is 6.10 Å². The van der Waals surface area contributed by atoms with Gasteiger partial charge in [0, 0.05) is 4.88 Å². The number of alkyl halides is 3. The summed E-state index contributed by atoms with van der Waals surface area (Å²) in [4.78, 5) is 0.00926. The molecule has 1 rings (SSSR count). The number of aliphatic hydroxyl groups is 1. The lowest BCUT2D eigenvalue weighted by atomic mass is 10.1. The van der Waals surface area contributed by atoms with Gasteiger partial charge in [-0.2, -0.15) is 13.2 Å². The average Bonchev–Trinajstić information content (AvgIpc) is 2.48. The molecule has 0 spiro atoms. The molecule has 0 radical (unpaired) electrons. The largest absolute Gasteiger partial charge is 0.419 e. The van der Waals surface area contributed by atoms with Crippen LogP contribution < -0.4 is 0 Å². The van der Waals surface area contributed by atoms with Crippen LogP contribution >= 0.6 is 11.3 Å². The Labute approximate surface area is 77.8 Å². The molecule has 1 N–H and O–H groups in total. The van der Waals surface area contributed by atoms with Crippen LogP contribution in [0, 0.1) is 0 Å². The molecule has 0 fully saturated rings. The van der Waals surface area contributed by atoms with E-state index in [1.54, 1.807) is 18.4 Å². The fraction of sp³-hybridized carbons (Fsp3) is 0.500. The molecule has 13 heavy (non-hydrogen) atoms. The number of aliphatic hydroxyl groups excluding tert-OH is 1. The lowest BCUT2D eigenvalue weighted by molar-refractivity contribution is -0.205. The standard InChI is InChI=1S/C8H9F3OS/c1-2-5-3-4-13-6(5)7(12)8(9,10)11/h3-4,7,12H,2H2,1H3/t7-/m0/s1. The summed E-state index contributed by atoms with van der Waals surface area (Å²) in [5, 5.41) is 10.5. The van der Waals surface area contributed by atoms with E-state index >= 15 is 0 Å². The molecule has 1 aromatic heterocycles. The van der Waals surface area contributed by atoms with Gasteiger partial charge in [0.1, 0.15) is 0 Å². The first kappa shape index (κ1) is 10.5. The number of halogens is 3. The smallest absolute Gasteiger partial charge is 0.379 e. The zero-order valence-electron chi connectivity index (χ0n) is 6.93. The predicted molar refractivity (Wildman–Crippen MR) is 44.7 cm³/mol. The van der Waals surface area contributed by atoms with Crippen LogP contribution in [0.4, 0.5) is 13.2 Å². The molecule has 0 aliphatic carbocycles. The van der Waals surface area contributed by atoms with Crippen LogP contribution in [0.5, 0.6) is 0 Å². The molecule has 1 nitrogen and oxygen atoms in total. The van der Waals surface area contributed by atoms with Crippen molar-refractivity contribution in [1.82, 2.24) is 0 Å². The summed E-state index contributed by atoms with van der Waals surface area (Å²) in [7, 11) is 0. The van der Waals surface area contributed by atoms with Crippen LogP contribution in [0.25, 0.3) is 0 Å². The van der Waals surface area contributed by atoms with Crippen molar-refractivity contribution in [2.24, 2.45) is 0 Å². The highest BCUT2D eigenvalue weighted by Gasteiger charge is 2.40. The predicted octanol–water partition coefficient (Wildman–Crippen LogP) is 2.91. The van der Waals surface area contributed by atoms with Crippen LogP contribution in [0.2, 0.25) is 0 Å². The Hall–Kier alpha value is -0.550. The second-order valence-corrected chi connectivity index (χ2v) is 3.56. The van der Waals surface area contributed by atoms with Crippen LogP contribution in [-0.2, 0) is 6.42 Å². The molecular formula is C8H9F3OS. The third kappa shape index (κ3) is 2.22. The molecule has 0 aromatic carbocycles. The van der Waals surface area contributed by atoms with Gasteiger partial charge in [-0.1, -0.05) is 6.92 Å². The maximum atomic E-state index is 12.1. The molecule has 0 saturated heterocycles. The van der Waals surface area contributed by atoms with Gasteiger partial charge in [-0.25, -0.2) is 0 Å². The van der Waals surface area contributed by atoms with Gasteiger partial charge in [0.05, 0.1) is 0 Å². The van der Waals surface area contributed by atoms with E-state index < -0.39 is 12.3 Å². The summed E-state index contributed by atoms with van der Waals surface area (Å²) in [6.07, 6.45) is -6.39. The minimum absolute atomic E-state index is 0.00926. The Kier molecular flexibility index (Phi) is 2.98. The van der Waals surface area contributed by atoms with E-state index in [-0.39, 0.29) is 4.88 Å². The van der Waals surface area contributed by atoms with E-state index in [1.807, 2.05) is 0 Å². The van der Waals surface area contributed by atoms with Crippen molar-refractivity contribution in [1.29, 1.82) is 0 Å². The van der Waals surface area contributed by atoms with Gasteiger partial charge in [-0.05, 0) is 23.4 Å². The summed E-state index contributed by atoms with van der Waals surface area (Å²) in [5.41, 5.74) is 0.565. The third-order valence-corrected chi connectivity index (χ3v) is 2.73. The van der Waals surface area contributed by atoms with E-state index in [0.29, 0.717) is 12.0 Å². The minimum Gasteiger partial charge on any atom is -0.379 e. The van der Waals surface area contributed by atoms with Crippen molar-refractivity contribution in [3.05, 3.63) is 21.9 Å². The number of hydrogen-bond donors (Lipinski definition) is 1. The second-order valence-electron chi connectivity index (χ2n) is 2.61. The van der Waals surface area contributed by atoms with Crippen molar-refractivity contribution >= 4 is 11.3 Å². The molecule has 0 unspecified atom stereocenters. The van der Waals surface area contributed by atoms with E-state index in [0.717, 1.165) is 11.3 Å². The second kappa shape index (κ2) is 3.67. The summed E-state index contributed by atoms with van der Waals surface area (Å²) in [6, 6.07) is 1.61. The molecule has 1 heterocycles. The van der Waals surface area contributed by atoms with E-state index in [9.17, 15) is 13.2 Å². The summed E-state index contributed by atoms with van der Waals surface area (Å²) in [6.45, 7) is 1.76. The molecular weight excluding hydrogens is 201 g/mol. The van der Waals surface area contributed by atoms with Crippen LogP contribution in [0.3, 0.4) is 0 Å². The Morgan fingerprint density at radius 3 is 2.62 bits per heavy atom. The van der Waals surface area contributed by atoms with Crippen molar-refractivity contribution in [2.45, 2.75) is 25.6 Å². The first-order valence-corrected chi connectivity index (χ1v) is 4.65. The van der Waals surface area contributed by atoms with Gasteiger partial charge in [-0.15, -0.1) is 11.3 Å². The Balaban J connectivity index is 2.94. The zero-order chi connectivity index (χ0) is 10.1. The van der Waals surface area contributed by atoms with Crippen LogP contribution in [0.15, 0.2) is 11.4 Å². The summed E-state index contributed by atoms with van der Waals surface area (Å²) >= 11 is 0.939. The summed E-state index contributed by atoms with van der Waals surface area (Å²) in [5.74, 6) is 0.